The smallest absolute Gasteiger partial charge is 0.357 e. The molecule has 2 rings (SSSR count). The molecule has 1 aliphatic heterocycles. The highest BCUT2D eigenvalue weighted by molar-refractivity contribution is 5.80. The van der Waals surface area contributed by atoms with E-state index in [2.05, 4.69) is 15.6 Å². The second-order valence-electron chi connectivity index (χ2n) is 6.12. The summed E-state index contributed by atoms with van der Waals surface area (Å²) < 4.78 is 50.5. The van der Waals surface area contributed by atoms with Crippen molar-refractivity contribution in [3.63, 3.8) is 0 Å². The molecule has 1 saturated heterocycles. The highest BCUT2D eigenvalue weighted by Gasteiger charge is 2.34. The number of hydrogen-bond donors (Lipinski definition) is 2. The van der Waals surface area contributed by atoms with Gasteiger partial charge >= 0.3 is 6.18 Å². The van der Waals surface area contributed by atoms with Crippen LogP contribution in [-0.2, 0) is 6.42 Å². The molecule has 0 aromatic heterocycles. The van der Waals surface area contributed by atoms with Crippen LogP contribution in [0.3, 0.4) is 0 Å². The van der Waals surface area contributed by atoms with Gasteiger partial charge in [0.05, 0.1) is 6.54 Å². The molecule has 1 aliphatic rings. The minimum Gasteiger partial charge on any atom is -0.357 e. The van der Waals surface area contributed by atoms with E-state index in [1.165, 1.54) is 17.0 Å². The van der Waals surface area contributed by atoms with Gasteiger partial charge in [-0.2, -0.15) is 13.2 Å². The van der Waals surface area contributed by atoms with Crippen molar-refractivity contribution in [3.05, 3.63) is 35.6 Å². The lowest BCUT2D eigenvalue weighted by Crippen LogP contribution is -2.45. The van der Waals surface area contributed by atoms with Crippen LogP contribution in [0.15, 0.2) is 29.3 Å². The van der Waals surface area contributed by atoms with E-state index in [1.54, 1.807) is 6.07 Å². The molecule has 4 nitrogen and oxygen atoms in total. The summed E-state index contributed by atoms with van der Waals surface area (Å²) in [7, 11) is 0. The van der Waals surface area contributed by atoms with E-state index < -0.39 is 12.7 Å². The molecule has 1 atom stereocenters. The van der Waals surface area contributed by atoms with Crippen LogP contribution in [0, 0.1) is 5.82 Å². The van der Waals surface area contributed by atoms with Crippen LogP contribution >= 0.6 is 0 Å². The lowest BCUT2D eigenvalue weighted by atomic mass is 10.1. The monoisotopic (exact) mass is 360 g/mol. The fraction of sp³-hybridized carbons (Fsp3) is 0.588. The van der Waals surface area contributed by atoms with Gasteiger partial charge in [0.15, 0.2) is 5.96 Å². The van der Waals surface area contributed by atoms with Crippen molar-refractivity contribution in [2.75, 3.05) is 32.7 Å². The number of likely N-dealkylation sites (tertiary alicyclic amines) is 1. The van der Waals surface area contributed by atoms with Gasteiger partial charge in [0.25, 0.3) is 0 Å². The Bertz CT molecular complexity index is 574. The highest BCUT2D eigenvalue weighted by atomic mass is 19.4. The fourth-order valence-corrected chi connectivity index (χ4v) is 2.85. The lowest BCUT2D eigenvalue weighted by Gasteiger charge is -2.19. The van der Waals surface area contributed by atoms with Crippen LogP contribution < -0.4 is 10.6 Å². The SMILES string of the molecule is CCNC(=NCCc1cccc(F)c1)NC1CCN(CC(F)(F)F)C1. The van der Waals surface area contributed by atoms with Crippen molar-refractivity contribution in [1.29, 1.82) is 0 Å². The number of nitrogens with zero attached hydrogens (tertiary/aromatic N) is 2. The van der Waals surface area contributed by atoms with Gasteiger partial charge in [-0.15, -0.1) is 0 Å². The molecule has 1 heterocycles. The van der Waals surface area contributed by atoms with E-state index in [9.17, 15) is 17.6 Å². The predicted octanol–water partition coefficient (Wildman–Crippen LogP) is 2.56. The van der Waals surface area contributed by atoms with E-state index >= 15 is 0 Å². The molecule has 1 aromatic carbocycles. The first-order valence-electron chi connectivity index (χ1n) is 8.44. The minimum absolute atomic E-state index is 0.0608. The van der Waals surface area contributed by atoms with Crippen LogP contribution in [0.5, 0.6) is 0 Å². The van der Waals surface area contributed by atoms with Crippen molar-refractivity contribution in [2.45, 2.75) is 32.0 Å². The number of nitrogens with one attached hydrogen (secondary N) is 2. The molecule has 1 aromatic rings. The summed E-state index contributed by atoms with van der Waals surface area (Å²) in [6, 6.07) is 6.30. The van der Waals surface area contributed by atoms with E-state index in [0.29, 0.717) is 45.0 Å². The molecule has 8 heteroatoms. The van der Waals surface area contributed by atoms with Gasteiger partial charge in [0.1, 0.15) is 5.82 Å². The first-order valence-corrected chi connectivity index (χ1v) is 8.44. The molecule has 1 unspecified atom stereocenters. The molecular weight excluding hydrogens is 336 g/mol. The highest BCUT2D eigenvalue weighted by Crippen LogP contribution is 2.19. The Kier molecular flexibility index (Phi) is 7.04. The van der Waals surface area contributed by atoms with Gasteiger partial charge in [-0.1, -0.05) is 12.1 Å². The second kappa shape index (κ2) is 9.03. The molecule has 25 heavy (non-hydrogen) atoms. The largest absolute Gasteiger partial charge is 0.401 e. The van der Waals surface area contributed by atoms with Crippen LogP contribution in [0.2, 0.25) is 0 Å². The minimum atomic E-state index is -4.17. The molecule has 0 aliphatic carbocycles. The lowest BCUT2D eigenvalue weighted by molar-refractivity contribution is -0.143. The molecule has 0 spiro atoms. The maximum Gasteiger partial charge on any atom is 0.401 e. The van der Waals surface area contributed by atoms with Gasteiger partial charge in [-0.25, -0.2) is 4.39 Å². The number of halogens is 4. The zero-order valence-electron chi connectivity index (χ0n) is 14.2. The molecule has 0 bridgehead atoms. The van der Waals surface area contributed by atoms with E-state index in [1.807, 2.05) is 13.0 Å². The van der Waals surface area contributed by atoms with E-state index in [4.69, 9.17) is 0 Å². The summed E-state index contributed by atoms with van der Waals surface area (Å²) in [5.74, 6) is 0.306. The maximum atomic E-state index is 13.2. The van der Waals surface area contributed by atoms with Gasteiger partial charge < -0.3 is 10.6 Å². The normalized spacial score (nSPS) is 19.2. The first-order chi connectivity index (χ1) is 11.9. The van der Waals surface area contributed by atoms with Crippen LogP contribution in [0.25, 0.3) is 0 Å². The van der Waals surface area contributed by atoms with Crippen molar-refractivity contribution >= 4 is 5.96 Å². The molecule has 0 saturated carbocycles. The number of hydrogen-bond acceptors (Lipinski definition) is 2. The van der Waals surface area contributed by atoms with Crippen molar-refractivity contribution in [1.82, 2.24) is 15.5 Å². The average molecular weight is 360 g/mol. The maximum absolute atomic E-state index is 13.2. The number of rotatable bonds is 6. The summed E-state index contributed by atoms with van der Waals surface area (Å²) >= 11 is 0. The van der Waals surface area contributed by atoms with Gasteiger partial charge in [0, 0.05) is 32.2 Å². The molecule has 140 valence electrons. The Hall–Kier alpha value is -1.83. The van der Waals surface area contributed by atoms with Crippen LogP contribution in [0.4, 0.5) is 17.6 Å². The Balaban J connectivity index is 1.83. The van der Waals surface area contributed by atoms with Gasteiger partial charge in [-0.05, 0) is 37.5 Å². The number of benzene rings is 1. The number of alkyl halides is 3. The van der Waals surface area contributed by atoms with Crippen molar-refractivity contribution < 1.29 is 17.6 Å². The van der Waals surface area contributed by atoms with Gasteiger partial charge in [0.2, 0.25) is 0 Å². The van der Waals surface area contributed by atoms with E-state index in [-0.39, 0.29) is 11.9 Å². The zero-order chi connectivity index (χ0) is 18.3. The average Bonchev–Trinajstić information content (AvgIpc) is 2.92. The van der Waals surface area contributed by atoms with Crippen molar-refractivity contribution in [3.8, 4) is 0 Å². The molecule has 2 N–H and O–H groups in total. The standard InChI is InChI=1S/C17H24F4N4/c1-2-22-16(23-8-6-13-4-3-5-14(18)10-13)24-15-7-9-25(11-15)12-17(19,20)21/h3-5,10,15H,2,6-9,11-12H2,1H3,(H2,22,23,24). The topological polar surface area (TPSA) is 39.7 Å². The summed E-state index contributed by atoms with van der Waals surface area (Å²) in [4.78, 5) is 5.83. The Morgan fingerprint density at radius 1 is 1.36 bits per heavy atom. The third kappa shape index (κ3) is 7.29. The number of aliphatic imine (C=N–C) groups is 1. The van der Waals surface area contributed by atoms with Crippen LogP contribution in [0.1, 0.15) is 18.9 Å². The first kappa shape index (κ1) is 19.5. The number of guanidine groups is 1. The quantitative estimate of drug-likeness (QED) is 0.465. The summed E-state index contributed by atoms with van der Waals surface area (Å²) in [6.45, 7) is 2.93. The third-order valence-electron chi connectivity index (χ3n) is 3.92. The predicted molar refractivity (Wildman–Crippen MR) is 90.1 cm³/mol. The van der Waals surface area contributed by atoms with E-state index in [0.717, 1.165) is 5.56 Å². The Morgan fingerprint density at radius 2 is 2.16 bits per heavy atom. The van der Waals surface area contributed by atoms with Crippen LogP contribution in [-0.4, -0.2) is 55.8 Å². The summed E-state index contributed by atoms with van der Waals surface area (Å²) in [5, 5.41) is 6.28. The second-order valence-corrected chi connectivity index (χ2v) is 6.12. The summed E-state index contributed by atoms with van der Waals surface area (Å²) in [6.07, 6.45) is -2.93. The molecular formula is C17H24F4N4. The zero-order valence-corrected chi connectivity index (χ0v) is 14.2. The van der Waals surface area contributed by atoms with Crippen molar-refractivity contribution in [2.24, 2.45) is 4.99 Å². The molecule has 0 amide bonds. The molecule has 1 fully saturated rings. The Labute approximate surface area is 145 Å². The fourth-order valence-electron chi connectivity index (χ4n) is 2.85. The molecule has 0 radical (unpaired) electrons. The summed E-state index contributed by atoms with van der Waals surface area (Å²) in [5.41, 5.74) is 0.858. The third-order valence-corrected chi connectivity index (χ3v) is 3.92. The Morgan fingerprint density at radius 3 is 2.84 bits per heavy atom. The van der Waals surface area contributed by atoms with Gasteiger partial charge in [-0.3, -0.25) is 9.89 Å².